The molecule has 0 bridgehead atoms. The molecule has 0 unspecified atom stereocenters. The van der Waals surface area contributed by atoms with E-state index in [1.165, 1.54) is 7.11 Å². The first-order chi connectivity index (χ1) is 11.1. The molecule has 1 aromatic heterocycles. The highest BCUT2D eigenvalue weighted by Gasteiger charge is 2.11. The summed E-state index contributed by atoms with van der Waals surface area (Å²) in [6.07, 6.45) is 2.20. The third-order valence-corrected chi connectivity index (χ3v) is 3.81. The third-order valence-electron chi connectivity index (χ3n) is 3.81. The zero-order chi connectivity index (χ0) is 16.4. The fourth-order valence-electron chi connectivity index (χ4n) is 2.51. The van der Waals surface area contributed by atoms with Crippen molar-refractivity contribution in [2.24, 2.45) is 0 Å². The molecule has 5 nitrogen and oxygen atoms in total. The van der Waals surface area contributed by atoms with Gasteiger partial charge in [0.05, 0.1) is 24.7 Å². The van der Waals surface area contributed by atoms with Crippen molar-refractivity contribution in [1.29, 1.82) is 0 Å². The molecule has 0 radical (unpaired) electrons. The van der Waals surface area contributed by atoms with E-state index in [-0.39, 0.29) is 12.4 Å². The summed E-state index contributed by atoms with van der Waals surface area (Å²) in [6, 6.07) is 14.0. The van der Waals surface area contributed by atoms with E-state index >= 15 is 0 Å². The maximum atomic E-state index is 11.5. The second-order valence-electron chi connectivity index (χ2n) is 5.59. The zero-order valence-corrected chi connectivity index (χ0v) is 13.5. The van der Waals surface area contributed by atoms with Crippen LogP contribution >= 0.6 is 0 Å². The molecule has 0 aliphatic rings. The Morgan fingerprint density at radius 1 is 1.17 bits per heavy atom. The van der Waals surface area contributed by atoms with Crippen molar-refractivity contribution in [3.05, 3.63) is 54.2 Å². The van der Waals surface area contributed by atoms with Crippen LogP contribution in [0.5, 0.6) is 0 Å². The number of ether oxygens (including phenoxy) is 1. The number of carbonyl (C=O) groups is 1. The van der Waals surface area contributed by atoms with Gasteiger partial charge in [-0.05, 0) is 29.8 Å². The molecule has 23 heavy (non-hydrogen) atoms. The SMILES string of the molecule is COC(=O)Cc1cccc2cn(-c3ccc(N(C)C)cc3)nc12. The lowest BCUT2D eigenvalue weighted by atomic mass is 10.1. The molecule has 3 aromatic rings. The van der Waals surface area contributed by atoms with Gasteiger partial charge in [-0.1, -0.05) is 18.2 Å². The van der Waals surface area contributed by atoms with Gasteiger partial charge in [0, 0.05) is 31.4 Å². The Morgan fingerprint density at radius 2 is 1.91 bits per heavy atom. The summed E-state index contributed by atoms with van der Waals surface area (Å²) in [5.41, 5.74) is 3.82. The Balaban J connectivity index is 1.99. The van der Waals surface area contributed by atoms with Gasteiger partial charge in [0.25, 0.3) is 0 Å². The minimum atomic E-state index is -0.262. The first-order valence-corrected chi connectivity index (χ1v) is 7.40. The summed E-state index contributed by atoms with van der Waals surface area (Å²) in [7, 11) is 5.42. The zero-order valence-electron chi connectivity index (χ0n) is 13.5. The molecule has 0 atom stereocenters. The van der Waals surface area contributed by atoms with Crippen LogP contribution < -0.4 is 4.90 Å². The van der Waals surface area contributed by atoms with Crippen LogP contribution in [0.15, 0.2) is 48.7 Å². The minimum absolute atomic E-state index is 0.227. The van der Waals surface area contributed by atoms with Crippen LogP contribution in [0.4, 0.5) is 5.69 Å². The van der Waals surface area contributed by atoms with Gasteiger partial charge in [0.1, 0.15) is 0 Å². The number of rotatable bonds is 4. The molecule has 0 amide bonds. The van der Waals surface area contributed by atoms with Gasteiger partial charge in [0.15, 0.2) is 0 Å². The van der Waals surface area contributed by atoms with Gasteiger partial charge in [-0.3, -0.25) is 4.79 Å². The van der Waals surface area contributed by atoms with Crippen LogP contribution in [0, 0.1) is 0 Å². The smallest absolute Gasteiger partial charge is 0.310 e. The Kier molecular flexibility index (Phi) is 4.02. The van der Waals surface area contributed by atoms with Crippen LogP contribution in [0.1, 0.15) is 5.56 Å². The molecule has 0 spiro atoms. The maximum Gasteiger partial charge on any atom is 0.310 e. The highest BCUT2D eigenvalue weighted by Crippen LogP contribution is 2.21. The Morgan fingerprint density at radius 3 is 2.57 bits per heavy atom. The summed E-state index contributed by atoms with van der Waals surface area (Å²) in [6.45, 7) is 0. The molecular formula is C18H19N3O2. The standard InChI is InChI=1S/C18H19N3O2/c1-20(2)15-7-9-16(10-8-15)21-12-14-6-4-5-13(18(14)19-21)11-17(22)23-3/h4-10,12H,11H2,1-3H3. The third kappa shape index (κ3) is 3.04. The van der Waals surface area contributed by atoms with Crippen molar-refractivity contribution in [3.8, 4) is 5.69 Å². The predicted octanol–water partition coefficient (Wildman–Crippen LogP) is 2.81. The van der Waals surface area contributed by atoms with Crippen molar-refractivity contribution < 1.29 is 9.53 Å². The van der Waals surface area contributed by atoms with E-state index in [0.29, 0.717) is 0 Å². The van der Waals surface area contributed by atoms with E-state index in [1.807, 2.05) is 55.3 Å². The molecule has 3 rings (SSSR count). The average molecular weight is 309 g/mol. The highest BCUT2D eigenvalue weighted by atomic mass is 16.5. The first kappa shape index (κ1) is 15.1. The van der Waals surface area contributed by atoms with E-state index in [2.05, 4.69) is 22.1 Å². The van der Waals surface area contributed by atoms with Gasteiger partial charge < -0.3 is 9.64 Å². The van der Waals surface area contributed by atoms with Gasteiger partial charge in [0.2, 0.25) is 0 Å². The lowest BCUT2D eigenvalue weighted by molar-refractivity contribution is -0.139. The van der Waals surface area contributed by atoms with Gasteiger partial charge in [-0.2, -0.15) is 5.10 Å². The summed E-state index contributed by atoms with van der Waals surface area (Å²) < 4.78 is 6.59. The van der Waals surface area contributed by atoms with E-state index in [9.17, 15) is 4.79 Å². The Labute approximate surface area is 135 Å². The second-order valence-corrected chi connectivity index (χ2v) is 5.59. The number of carbonyl (C=O) groups excluding carboxylic acids is 1. The number of aromatic nitrogens is 2. The topological polar surface area (TPSA) is 47.4 Å². The minimum Gasteiger partial charge on any atom is -0.469 e. The molecule has 118 valence electrons. The van der Waals surface area contributed by atoms with Crippen molar-refractivity contribution in [1.82, 2.24) is 9.78 Å². The normalized spacial score (nSPS) is 10.7. The van der Waals surface area contributed by atoms with Crippen LogP contribution in [-0.4, -0.2) is 37.0 Å². The quantitative estimate of drug-likeness (QED) is 0.695. The fourth-order valence-corrected chi connectivity index (χ4v) is 2.51. The summed E-state index contributed by atoms with van der Waals surface area (Å²) in [4.78, 5) is 13.6. The maximum absolute atomic E-state index is 11.5. The highest BCUT2D eigenvalue weighted by molar-refractivity contribution is 5.86. The van der Waals surface area contributed by atoms with Crippen LogP contribution in [0.2, 0.25) is 0 Å². The molecule has 1 heterocycles. The van der Waals surface area contributed by atoms with E-state index in [1.54, 1.807) is 0 Å². The fraction of sp³-hybridized carbons (Fsp3) is 0.222. The van der Waals surface area contributed by atoms with Crippen LogP contribution in [0.3, 0.4) is 0 Å². The molecule has 0 saturated carbocycles. The number of methoxy groups -OCH3 is 1. The summed E-state index contributed by atoms with van der Waals surface area (Å²) in [5, 5.41) is 5.64. The van der Waals surface area contributed by atoms with Gasteiger partial charge >= 0.3 is 5.97 Å². The summed E-state index contributed by atoms with van der Waals surface area (Å²) in [5.74, 6) is -0.262. The van der Waals surface area contributed by atoms with Crippen LogP contribution in [-0.2, 0) is 16.0 Å². The van der Waals surface area contributed by atoms with Gasteiger partial charge in [-0.15, -0.1) is 0 Å². The molecule has 0 N–H and O–H groups in total. The molecule has 0 fully saturated rings. The van der Waals surface area contributed by atoms with E-state index in [4.69, 9.17) is 4.74 Å². The number of esters is 1. The largest absolute Gasteiger partial charge is 0.469 e. The van der Waals surface area contributed by atoms with E-state index in [0.717, 1.165) is 27.8 Å². The number of benzene rings is 2. The molecule has 0 saturated heterocycles. The van der Waals surface area contributed by atoms with Crippen molar-refractivity contribution in [3.63, 3.8) is 0 Å². The second kappa shape index (κ2) is 6.12. The molecule has 0 aliphatic heterocycles. The number of nitrogens with zero attached hydrogens (tertiary/aromatic N) is 3. The molecular weight excluding hydrogens is 290 g/mol. The Bertz CT molecular complexity index is 835. The predicted molar refractivity (Wildman–Crippen MR) is 91.1 cm³/mol. The lowest BCUT2D eigenvalue weighted by Gasteiger charge is -2.12. The molecule has 0 aliphatic carbocycles. The van der Waals surface area contributed by atoms with Crippen molar-refractivity contribution in [2.45, 2.75) is 6.42 Å². The molecule has 5 heteroatoms. The number of fused-ring (bicyclic) bond motifs is 1. The number of hydrogen-bond donors (Lipinski definition) is 0. The Hall–Kier alpha value is -2.82. The number of anilines is 1. The first-order valence-electron chi connectivity index (χ1n) is 7.40. The molecule has 2 aromatic carbocycles. The lowest BCUT2D eigenvalue weighted by Crippen LogP contribution is -2.08. The van der Waals surface area contributed by atoms with E-state index < -0.39 is 0 Å². The van der Waals surface area contributed by atoms with Crippen molar-refractivity contribution >= 4 is 22.6 Å². The van der Waals surface area contributed by atoms with Gasteiger partial charge in [-0.25, -0.2) is 4.68 Å². The monoisotopic (exact) mass is 309 g/mol. The van der Waals surface area contributed by atoms with Crippen LogP contribution in [0.25, 0.3) is 16.6 Å². The number of hydrogen-bond acceptors (Lipinski definition) is 4. The van der Waals surface area contributed by atoms with Crippen molar-refractivity contribution in [2.75, 3.05) is 26.1 Å². The average Bonchev–Trinajstić information content (AvgIpc) is 3.00. The summed E-state index contributed by atoms with van der Waals surface area (Å²) >= 11 is 0.